The topological polar surface area (TPSA) is 40.5 Å². The summed E-state index contributed by atoms with van der Waals surface area (Å²) < 4.78 is 0. The van der Waals surface area contributed by atoms with Gasteiger partial charge in [0.05, 0.1) is 0 Å². The second-order valence-electron chi connectivity index (χ2n) is 2.26. The van der Waals surface area contributed by atoms with Crippen LogP contribution >= 0.6 is 0 Å². The van der Waals surface area contributed by atoms with Crippen LogP contribution in [0.2, 0.25) is 0 Å². The standard InChI is InChI=1S/C7H12O2/c1-3-4-7(2,9)5-6-8/h8-9H,3-4H2,1-2H3. The minimum absolute atomic E-state index is 0.598. The Kier molecular flexibility index (Phi) is 3.11. The Morgan fingerprint density at radius 3 is 2.44 bits per heavy atom. The summed E-state index contributed by atoms with van der Waals surface area (Å²) in [6.45, 7) is 3.53. The van der Waals surface area contributed by atoms with Crippen molar-refractivity contribution in [1.29, 1.82) is 0 Å². The van der Waals surface area contributed by atoms with Crippen molar-refractivity contribution in [1.82, 2.24) is 0 Å². The van der Waals surface area contributed by atoms with Gasteiger partial charge in [-0.25, -0.2) is 0 Å². The third kappa shape index (κ3) is 3.87. The number of aliphatic hydroxyl groups is 2. The molecule has 1 unspecified atom stereocenters. The van der Waals surface area contributed by atoms with E-state index in [0.717, 1.165) is 6.42 Å². The van der Waals surface area contributed by atoms with Gasteiger partial charge in [-0.1, -0.05) is 13.3 Å². The fourth-order valence-corrected chi connectivity index (χ4v) is 0.670. The first-order valence-electron chi connectivity index (χ1n) is 3.01. The lowest BCUT2D eigenvalue weighted by molar-refractivity contribution is 0.110. The Morgan fingerprint density at radius 1 is 1.56 bits per heavy atom. The molecule has 0 rings (SSSR count). The molecule has 0 aromatic carbocycles. The van der Waals surface area contributed by atoms with Crippen LogP contribution in [0, 0.1) is 12.0 Å². The van der Waals surface area contributed by atoms with Gasteiger partial charge in [-0.15, -0.1) is 0 Å². The molecule has 0 amide bonds. The Balaban J connectivity index is 3.80. The first kappa shape index (κ1) is 8.32. The maximum Gasteiger partial charge on any atom is 0.126 e. The summed E-state index contributed by atoms with van der Waals surface area (Å²) in [7, 11) is 0. The predicted octanol–water partition coefficient (Wildman–Crippen LogP) is 0.871. The largest absolute Gasteiger partial charge is 0.462 e. The van der Waals surface area contributed by atoms with E-state index in [-0.39, 0.29) is 0 Å². The molecule has 0 aliphatic carbocycles. The van der Waals surface area contributed by atoms with E-state index in [2.05, 4.69) is 5.92 Å². The van der Waals surface area contributed by atoms with Gasteiger partial charge in [0, 0.05) is 0 Å². The Hall–Kier alpha value is -0.680. The lowest BCUT2D eigenvalue weighted by Crippen LogP contribution is -2.20. The summed E-state index contributed by atoms with van der Waals surface area (Å²) in [6.07, 6.45) is 3.15. The average Bonchev–Trinajstić information content (AvgIpc) is 1.64. The molecule has 0 heterocycles. The summed E-state index contributed by atoms with van der Waals surface area (Å²) >= 11 is 0. The second kappa shape index (κ2) is 3.37. The molecular weight excluding hydrogens is 116 g/mol. The van der Waals surface area contributed by atoms with Crippen LogP contribution in [-0.4, -0.2) is 15.8 Å². The van der Waals surface area contributed by atoms with Crippen LogP contribution in [-0.2, 0) is 0 Å². The van der Waals surface area contributed by atoms with Gasteiger partial charge in [-0.3, -0.25) is 0 Å². The van der Waals surface area contributed by atoms with E-state index < -0.39 is 5.60 Å². The van der Waals surface area contributed by atoms with Crippen molar-refractivity contribution in [2.45, 2.75) is 32.3 Å². The van der Waals surface area contributed by atoms with E-state index >= 15 is 0 Å². The quantitative estimate of drug-likeness (QED) is 0.542. The summed E-state index contributed by atoms with van der Waals surface area (Å²) in [5.41, 5.74) is -1.01. The van der Waals surface area contributed by atoms with Crippen LogP contribution in [0.1, 0.15) is 26.7 Å². The minimum Gasteiger partial charge on any atom is -0.462 e. The Labute approximate surface area is 55.5 Å². The van der Waals surface area contributed by atoms with Crippen molar-refractivity contribution in [3.8, 4) is 12.0 Å². The molecule has 52 valence electrons. The normalized spacial score (nSPS) is 15.4. The zero-order chi connectivity index (χ0) is 7.33. The van der Waals surface area contributed by atoms with Crippen molar-refractivity contribution in [2.75, 3.05) is 0 Å². The van der Waals surface area contributed by atoms with Crippen LogP contribution in [0.25, 0.3) is 0 Å². The van der Waals surface area contributed by atoms with Gasteiger partial charge in [0.15, 0.2) is 0 Å². The van der Waals surface area contributed by atoms with E-state index in [1.54, 1.807) is 13.0 Å². The molecule has 0 fully saturated rings. The molecule has 0 aliphatic heterocycles. The molecule has 0 radical (unpaired) electrons. The van der Waals surface area contributed by atoms with Crippen molar-refractivity contribution >= 4 is 0 Å². The molecule has 0 bridgehead atoms. The molecule has 0 aromatic heterocycles. The lowest BCUT2D eigenvalue weighted by Gasteiger charge is -2.12. The molecule has 0 spiro atoms. The lowest BCUT2D eigenvalue weighted by atomic mass is 10.0. The average molecular weight is 128 g/mol. The zero-order valence-corrected chi connectivity index (χ0v) is 5.81. The van der Waals surface area contributed by atoms with Crippen LogP contribution < -0.4 is 0 Å². The highest BCUT2D eigenvalue weighted by Crippen LogP contribution is 2.08. The first-order valence-corrected chi connectivity index (χ1v) is 3.01. The molecule has 0 saturated carbocycles. The van der Waals surface area contributed by atoms with E-state index in [0.29, 0.717) is 6.42 Å². The minimum atomic E-state index is -1.01. The highest BCUT2D eigenvalue weighted by Gasteiger charge is 2.14. The number of aliphatic hydroxyl groups excluding tert-OH is 1. The van der Waals surface area contributed by atoms with Crippen molar-refractivity contribution < 1.29 is 10.2 Å². The number of hydrogen-bond acceptors (Lipinski definition) is 2. The summed E-state index contributed by atoms with van der Waals surface area (Å²) in [6, 6.07) is 0. The molecule has 1 atom stereocenters. The molecular formula is C7H12O2. The van der Waals surface area contributed by atoms with E-state index in [4.69, 9.17) is 5.11 Å². The van der Waals surface area contributed by atoms with Crippen molar-refractivity contribution in [3.05, 3.63) is 0 Å². The van der Waals surface area contributed by atoms with Gasteiger partial charge in [0.25, 0.3) is 0 Å². The number of rotatable bonds is 2. The molecule has 2 nitrogen and oxygen atoms in total. The highest BCUT2D eigenvalue weighted by molar-refractivity contribution is 5.06. The van der Waals surface area contributed by atoms with Gasteiger partial charge in [-0.05, 0) is 19.3 Å². The molecule has 2 N–H and O–H groups in total. The van der Waals surface area contributed by atoms with Gasteiger partial charge < -0.3 is 10.2 Å². The van der Waals surface area contributed by atoms with E-state index in [1.807, 2.05) is 6.92 Å². The Morgan fingerprint density at radius 2 is 2.11 bits per heavy atom. The highest BCUT2D eigenvalue weighted by atomic mass is 16.3. The summed E-state index contributed by atoms with van der Waals surface area (Å²) in [5.74, 6) is 2.28. The maximum absolute atomic E-state index is 9.18. The van der Waals surface area contributed by atoms with Crippen LogP contribution in [0.3, 0.4) is 0 Å². The zero-order valence-electron chi connectivity index (χ0n) is 5.81. The smallest absolute Gasteiger partial charge is 0.126 e. The fraction of sp³-hybridized carbons (Fsp3) is 0.714. The first-order chi connectivity index (χ1) is 4.12. The molecule has 2 heteroatoms. The molecule has 9 heavy (non-hydrogen) atoms. The Bertz CT molecular complexity index is 128. The van der Waals surface area contributed by atoms with Crippen molar-refractivity contribution in [2.24, 2.45) is 0 Å². The van der Waals surface area contributed by atoms with Crippen LogP contribution in [0.15, 0.2) is 0 Å². The SMILES string of the molecule is CCCC(C)(O)C#CO. The number of hydrogen-bond donors (Lipinski definition) is 2. The molecule has 0 saturated heterocycles. The van der Waals surface area contributed by atoms with Gasteiger partial charge in [-0.2, -0.15) is 0 Å². The van der Waals surface area contributed by atoms with Gasteiger partial charge in [0.2, 0.25) is 0 Å². The summed E-state index contributed by atoms with van der Waals surface area (Å²) in [4.78, 5) is 0. The maximum atomic E-state index is 9.18. The van der Waals surface area contributed by atoms with Gasteiger partial charge >= 0.3 is 0 Å². The van der Waals surface area contributed by atoms with Crippen LogP contribution in [0.4, 0.5) is 0 Å². The molecule has 0 aliphatic rings. The fourth-order valence-electron chi connectivity index (χ4n) is 0.670. The predicted molar refractivity (Wildman–Crippen MR) is 35.2 cm³/mol. The van der Waals surface area contributed by atoms with Crippen molar-refractivity contribution in [3.63, 3.8) is 0 Å². The third-order valence-electron chi connectivity index (χ3n) is 1.06. The monoisotopic (exact) mass is 128 g/mol. The van der Waals surface area contributed by atoms with E-state index in [9.17, 15) is 5.11 Å². The van der Waals surface area contributed by atoms with Crippen LogP contribution in [0.5, 0.6) is 0 Å². The van der Waals surface area contributed by atoms with Gasteiger partial charge in [0.1, 0.15) is 11.7 Å². The molecule has 0 aromatic rings. The second-order valence-corrected chi connectivity index (χ2v) is 2.26. The third-order valence-corrected chi connectivity index (χ3v) is 1.06. The summed E-state index contributed by atoms with van der Waals surface area (Å²) in [5, 5.41) is 17.3. The van der Waals surface area contributed by atoms with E-state index in [1.165, 1.54) is 0 Å².